The fourth-order valence-corrected chi connectivity index (χ4v) is 3.94. The van der Waals surface area contributed by atoms with E-state index in [-0.39, 0.29) is 23.0 Å². The van der Waals surface area contributed by atoms with Gasteiger partial charge in [-0.25, -0.2) is 4.39 Å². The Morgan fingerprint density at radius 1 is 1.18 bits per heavy atom. The molecule has 1 amide bonds. The number of aliphatic hydroxyl groups is 1. The number of hydrogen-bond acceptors (Lipinski definition) is 5. The number of halogens is 2. The van der Waals surface area contributed by atoms with Gasteiger partial charge in [-0.05, 0) is 76.8 Å². The van der Waals surface area contributed by atoms with Gasteiger partial charge >= 0.3 is 0 Å². The standard InChI is InChI=1S/C25H28ClFN2O4/c1-15(2)33-20-11-8-17(14-19(20)27)23(30)21-22(16-6-9-18(26)10-7-16)29(25(32)24(21)31)13-5-12-28(3)4/h6-11,14-15,22,30H,5,12-13H2,1-4H3/t22-/m0/s1. The van der Waals surface area contributed by atoms with Crippen LogP contribution in [-0.4, -0.2) is 59.9 Å². The van der Waals surface area contributed by atoms with Crippen LogP contribution in [0.1, 0.15) is 37.4 Å². The number of ketones is 1. The smallest absolute Gasteiger partial charge is 0.295 e. The van der Waals surface area contributed by atoms with Gasteiger partial charge in [-0.3, -0.25) is 9.59 Å². The van der Waals surface area contributed by atoms with Crippen molar-refractivity contribution in [3.63, 3.8) is 0 Å². The van der Waals surface area contributed by atoms with Gasteiger partial charge in [0.2, 0.25) is 0 Å². The molecular formula is C25H28ClFN2O4. The number of hydrogen-bond donors (Lipinski definition) is 1. The highest BCUT2D eigenvalue weighted by Gasteiger charge is 2.45. The Kier molecular flexibility index (Phi) is 7.76. The lowest BCUT2D eigenvalue weighted by Gasteiger charge is -2.26. The Morgan fingerprint density at radius 2 is 1.85 bits per heavy atom. The third-order valence-corrected chi connectivity index (χ3v) is 5.55. The molecule has 0 saturated carbocycles. The van der Waals surface area contributed by atoms with Crippen molar-refractivity contribution in [3.8, 4) is 5.75 Å². The molecule has 8 heteroatoms. The van der Waals surface area contributed by atoms with Crippen molar-refractivity contribution in [3.05, 3.63) is 70.0 Å². The third kappa shape index (κ3) is 5.54. The molecule has 0 unspecified atom stereocenters. The van der Waals surface area contributed by atoms with Crippen molar-refractivity contribution >= 4 is 29.1 Å². The Labute approximate surface area is 198 Å². The first-order chi connectivity index (χ1) is 15.6. The molecule has 0 aromatic heterocycles. The molecule has 1 aliphatic heterocycles. The molecule has 0 bridgehead atoms. The zero-order valence-corrected chi connectivity index (χ0v) is 19.9. The minimum atomic E-state index is -0.806. The molecule has 0 spiro atoms. The average Bonchev–Trinajstić information content (AvgIpc) is 2.99. The Morgan fingerprint density at radius 3 is 2.42 bits per heavy atom. The van der Waals surface area contributed by atoms with Gasteiger partial charge in [-0.2, -0.15) is 0 Å². The lowest BCUT2D eigenvalue weighted by atomic mass is 9.95. The Hall–Kier alpha value is -2.90. The van der Waals surface area contributed by atoms with Gasteiger partial charge in [-0.15, -0.1) is 0 Å². The maximum absolute atomic E-state index is 14.6. The molecule has 6 nitrogen and oxygen atoms in total. The SMILES string of the molecule is CC(C)Oc1ccc(C(O)=C2C(=O)C(=O)N(CCCN(C)C)[C@H]2c2ccc(Cl)cc2)cc1F. The molecule has 2 aromatic carbocycles. The number of nitrogens with zero attached hydrogens (tertiary/aromatic N) is 2. The van der Waals surface area contributed by atoms with E-state index in [0.29, 0.717) is 23.6 Å². The molecule has 1 aliphatic rings. The summed E-state index contributed by atoms with van der Waals surface area (Å²) in [5.41, 5.74) is 0.642. The summed E-state index contributed by atoms with van der Waals surface area (Å²) in [4.78, 5) is 29.4. The van der Waals surface area contributed by atoms with E-state index in [2.05, 4.69) is 0 Å². The molecule has 1 heterocycles. The second-order valence-corrected chi connectivity index (χ2v) is 8.95. The molecule has 33 heavy (non-hydrogen) atoms. The zero-order valence-electron chi connectivity index (χ0n) is 19.1. The van der Waals surface area contributed by atoms with Crippen molar-refractivity contribution in [2.45, 2.75) is 32.4 Å². The highest BCUT2D eigenvalue weighted by atomic mass is 35.5. The van der Waals surface area contributed by atoms with E-state index < -0.39 is 29.3 Å². The lowest BCUT2D eigenvalue weighted by Crippen LogP contribution is -2.32. The van der Waals surface area contributed by atoms with Crippen molar-refractivity contribution in [2.75, 3.05) is 27.2 Å². The lowest BCUT2D eigenvalue weighted by molar-refractivity contribution is -0.139. The van der Waals surface area contributed by atoms with Crippen LogP contribution in [0.25, 0.3) is 5.76 Å². The van der Waals surface area contributed by atoms with E-state index in [4.69, 9.17) is 16.3 Å². The van der Waals surface area contributed by atoms with Gasteiger partial charge in [0.1, 0.15) is 5.76 Å². The minimum Gasteiger partial charge on any atom is -0.507 e. The van der Waals surface area contributed by atoms with E-state index in [0.717, 1.165) is 12.6 Å². The van der Waals surface area contributed by atoms with Crippen LogP contribution in [0.3, 0.4) is 0 Å². The average molecular weight is 475 g/mol. The van der Waals surface area contributed by atoms with Crippen molar-refractivity contribution < 1.29 is 23.8 Å². The van der Waals surface area contributed by atoms with Crippen LogP contribution >= 0.6 is 11.6 Å². The van der Waals surface area contributed by atoms with Crippen LogP contribution in [-0.2, 0) is 9.59 Å². The maximum Gasteiger partial charge on any atom is 0.295 e. The number of likely N-dealkylation sites (tertiary alicyclic amines) is 1. The van der Waals surface area contributed by atoms with Crippen LogP contribution in [0, 0.1) is 5.82 Å². The quantitative estimate of drug-likeness (QED) is 0.343. The van der Waals surface area contributed by atoms with Crippen LogP contribution in [0.2, 0.25) is 5.02 Å². The Bertz CT molecular complexity index is 1070. The number of carbonyl (C=O) groups is 2. The monoisotopic (exact) mass is 474 g/mol. The molecule has 3 rings (SSSR count). The van der Waals surface area contributed by atoms with Gasteiger partial charge in [0.25, 0.3) is 11.7 Å². The molecule has 1 fully saturated rings. The number of ether oxygens (including phenoxy) is 1. The van der Waals surface area contributed by atoms with Crippen molar-refractivity contribution in [1.29, 1.82) is 0 Å². The van der Waals surface area contributed by atoms with E-state index in [1.807, 2.05) is 19.0 Å². The van der Waals surface area contributed by atoms with E-state index in [1.165, 1.54) is 17.0 Å². The summed E-state index contributed by atoms with van der Waals surface area (Å²) in [6.07, 6.45) is 0.413. The number of rotatable bonds is 8. The topological polar surface area (TPSA) is 70.1 Å². The minimum absolute atomic E-state index is 0.0416. The first kappa shape index (κ1) is 24.7. The van der Waals surface area contributed by atoms with E-state index in [9.17, 15) is 19.1 Å². The molecule has 1 N–H and O–H groups in total. The first-order valence-electron chi connectivity index (χ1n) is 10.7. The van der Waals surface area contributed by atoms with Crippen LogP contribution in [0.5, 0.6) is 5.75 Å². The second kappa shape index (κ2) is 10.4. The highest BCUT2D eigenvalue weighted by Crippen LogP contribution is 2.40. The molecule has 0 aliphatic carbocycles. The third-order valence-electron chi connectivity index (χ3n) is 5.30. The summed E-state index contributed by atoms with van der Waals surface area (Å²) in [5.74, 6) is -2.56. The molecule has 1 atom stereocenters. The van der Waals surface area contributed by atoms with Crippen molar-refractivity contribution in [2.24, 2.45) is 0 Å². The van der Waals surface area contributed by atoms with Gasteiger partial charge < -0.3 is 19.6 Å². The highest BCUT2D eigenvalue weighted by molar-refractivity contribution is 6.46. The molecule has 1 saturated heterocycles. The summed E-state index contributed by atoms with van der Waals surface area (Å²) in [5, 5.41) is 11.6. The molecular weight excluding hydrogens is 447 g/mol. The zero-order chi connectivity index (χ0) is 24.3. The summed E-state index contributed by atoms with van der Waals surface area (Å²) >= 11 is 6.03. The summed E-state index contributed by atoms with van der Waals surface area (Å²) < 4.78 is 20.0. The summed E-state index contributed by atoms with van der Waals surface area (Å²) in [6, 6.07) is 9.91. The van der Waals surface area contributed by atoms with Crippen LogP contribution < -0.4 is 4.74 Å². The molecule has 176 valence electrons. The summed E-state index contributed by atoms with van der Waals surface area (Å²) in [6.45, 7) is 4.59. The predicted octanol–water partition coefficient (Wildman–Crippen LogP) is 4.64. The van der Waals surface area contributed by atoms with Crippen LogP contribution in [0.15, 0.2) is 48.0 Å². The van der Waals surface area contributed by atoms with Gasteiger partial charge in [-0.1, -0.05) is 23.7 Å². The molecule has 0 radical (unpaired) electrons. The van der Waals surface area contributed by atoms with Crippen LogP contribution in [0.4, 0.5) is 4.39 Å². The predicted molar refractivity (Wildman–Crippen MR) is 126 cm³/mol. The van der Waals surface area contributed by atoms with E-state index >= 15 is 0 Å². The number of carbonyl (C=O) groups excluding carboxylic acids is 2. The van der Waals surface area contributed by atoms with E-state index in [1.54, 1.807) is 38.1 Å². The number of Topliss-reactive ketones (excluding diaryl/α,β-unsaturated/α-hetero) is 1. The largest absolute Gasteiger partial charge is 0.507 e. The van der Waals surface area contributed by atoms with Gasteiger partial charge in [0, 0.05) is 17.1 Å². The number of aliphatic hydroxyl groups excluding tert-OH is 1. The summed E-state index contributed by atoms with van der Waals surface area (Å²) in [7, 11) is 3.85. The van der Waals surface area contributed by atoms with Gasteiger partial charge in [0.15, 0.2) is 11.6 Å². The second-order valence-electron chi connectivity index (χ2n) is 8.51. The molecule has 2 aromatic rings. The van der Waals surface area contributed by atoms with Gasteiger partial charge in [0.05, 0.1) is 17.7 Å². The normalized spacial score (nSPS) is 17.9. The Balaban J connectivity index is 2.07. The van der Waals surface area contributed by atoms with Crippen molar-refractivity contribution in [1.82, 2.24) is 9.80 Å². The maximum atomic E-state index is 14.6. The number of benzene rings is 2. The fraction of sp³-hybridized carbons (Fsp3) is 0.360. The number of amides is 1. The first-order valence-corrected chi connectivity index (χ1v) is 11.1. The fourth-order valence-electron chi connectivity index (χ4n) is 3.81.